The Bertz CT molecular complexity index is 3640. The summed E-state index contributed by atoms with van der Waals surface area (Å²) in [7, 11) is 0. The van der Waals surface area contributed by atoms with Crippen molar-refractivity contribution in [1.29, 1.82) is 5.26 Å². The minimum absolute atomic E-state index is 0.605. The summed E-state index contributed by atoms with van der Waals surface area (Å²) >= 11 is 0. The van der Waals surface area contributed by atoms with Gasteiger partial charge in [-0.05, 0) is 91.0 Å². The molecule has 5 nitrogen and oxygen atoms in total. The number of nitriles is 1. The van der Waals surface area contributed by atoms with Crippen LogP contribution in [0, 0.1) is 11.3 Å². The van der Waals surface area contributed by atoms with Gasteiger partial charge in [-0.25, -0.2) is 0 Å². The van der Waals surface area contributed by atoms with Crippen LogP contribution >= 0.6 is 0 Å². The first-order valence-corrected chi connectivity index (χ1v) is 20.3. The van der Waals surface area contributed by atoms with Crippen molar-refractivity contribution in [2.24, 2.45) is 0 Å². The minimum Gasteiger partial charge on any atom is -0.309 e. The molecule has 0 aliphatic rings. The fourth-order valence-electron chi connectivity index (χ4n) is 10.1. The Hall–Kier alpha value is -8.33. The van der Waals surface area contributed by atoms with Gasteiger partial charge in [0.15, 0.2) is 0 Å². The third-order valence-corrected chi connectivity index (χ3v) is 12.6. The first-order valence-electron chi connectivity index (χ1n) is 20.3. The van der Waals surface area contributed by atoms with Crippen molar-refractivity contribution in [3.63, 3.8) is 0 Å². The lowest BCUT2D eigenvalue weighted by Gasteiger charge is -2.17. The van der Waals surface area contributed by atoms with E-state index in [4.69, 9.17) is 0 Å². The van der Waals surface area contributed by atoms with Gasteiger partial charge in [0.1, 0.15) is 0 Å². The second-order valence-electron chi connectivity index (χ2n) is 15.7. The summed E-state index contributed by atoms with van der Waals surface area (Å²) in [4.78, 5) is 0. The highest BCUT2D eigenvalue weighted by Gasteiger charge is 2.22. The van der Waals surface area contributed by atoms with E-state index in [0.29, 0.717) is 5.56 Å². The third kappa shape index (κ3) is 4.45. The molecule has 4 aromatic heterocycles. The molecule has 13 aromatic rings. The molecular weight excluding hydrogens is 731 g/mol. The molecule has 0 aliphatic heterocycles. The van der Waals surface area contributed by atoms with E-state index in [1.165, 1.54) is 54.4 Å². The maximum atomic E-state index is 10.4. The maximum absolute atomic E-state index is 10.4. The number of aromatic nitrogens is 4. The predicted molar refractivity (Wildman–Crippen MR) is 249 cm³/mol. The molecule has 9 aromatic carbocycles. The molecule has 0 N–H and O–H groups in total. The van der Waals surface area contributed by atoms with Crippen LogP contribution in [0.4, 0.5) is 0 Å². The molecular formula is C55H33N5. The van der Waals surface area contributed by atoms with Gasteiger partial charge in [0.05, 0.1) is 67.1 Å². The van der Waals surface area contributed by atoms with Crippen molar-refractivity contribution in [3.05, 3.63) is 206 Å². The molecule has 0 aliphatic carbocycles. The van der Waals surface area contributed by atoms with Crippen LogP contribution < -0.4 is 0 Å². The standard InChI is InChI=1S/C55H33N5/c56-34-35-25-28-54(59-50-23-11-5-17-42(50)43-18-6-12-24-51(43)59)55(31-35)60-52-29-26-36(57-46-19-7-1-13-38(46)39-14-2-8-20-47(39)57)32-44(52)45-33-37(27-30-53(45)60)58-48-21-9-3-15-40(48)41-16-4-10-22-49(41)58/h1-33H. The van der Waals surface area contributed by atoms with Crippen LogP contribution in [-0.2, 0) is 0 Å². The fraction of sp³-hybridized carbons (Fsp3) is 0. The summed E-state index contributed by atoms with van der Waals surface area (Å²) in [6.45, 7) is 0. The van der Waals surface area contributed by atoms with E-state index in [-0.39, 0.29) is 0 Å². The first-order chi connectivity index (χ1) is 29.7. The largest absolute Gasteiger partial charge is 0.309 e. The van der Waals surface area contributed by atoms with Gasteiger partial charge in [-0.1, -0.05) is 109 Å². The minimum atomic E-state index is 0.605. The van der Waals surface area contributed by atoms with Gasteiger partial charge in [-0.15, -0.1) is 0 Å². The SMILES string of the molecule is N#Cc1ccc(-n2c3ccccc3c3ccccc32)c(-n2c3ccc(-n4c5ccccc5c5ccccc54)cc3c3cc(-n4c5ccccc5c5ccccc54)ccc32)c1. The Morgan fingerprint density at radius 3 is 0.950 bits per heavy atom. The average Bonchev–Trinajstić information content (AvgIpc) is 4.03. The quantitative estimate of drug-likeness (QED) is 0.176. The monoisotopic (exact) mass is 763 g/mol. The Labute approximate surface area is 344 Å². The molecule has 0 fully saturated rings. The second kappa shape index (κ2) is 12.3. The molecule has 60 heavy (non-hydrogen) atoms. The van der Waals surface area contributed by atoms with Crippen molar-refractivity contribution >= 4 is 87.2 Å². The summed E-state index contributed by atoms with van der Waals surface area (Å²) in [5, 5.41) is 20.0. The molecule has 4 heterocycles. The smallest absolute Gasteiger partial charge is 0.0992 e. The van der Waals surface area contributed by atoms with Crippen LogP contribution in [-0.4, -0.2) is 18.3 Å². The zero-order valence-electron chi connectivity index (χ0n) is 32.3. The number of para-hydroxylation sites is 6. The Morgan fingerprint density at radius 2 is 0.583 bits per heavy atom. The molecule has 0 amide bonds. The van der Waals surface area contributed by atoms with E-state index in [0.717, 1.165) is 55.6 Å². The first kappa shape index (κ1) is 32.7. The van der Waals surface area contributed by atoms with Gasteiger partial charge >= 0.3 is 0 Å². The fourth-order valence-corrected chi connectivity index (χ4v) is 10.1. The van der Waals surface area contributed by atoms with Crippen LogP contribution in [0.3, 0.4) is 0 Å². The van der Waals surface area contributed by atoms with Crippen molar-refractivity contribution in [2.75, 3.05) is 0 Å². The van der Waals surface area contributed by atoms with Crippen LogP contribution in [0.25, 0.3) is 110 Å². The second-order valence-corrected chi connectivity index (χ2v) is 15.7. The number of fused-ring (bicyclic) bond motifs is 12. The highest BCUT2D eigenvalue weighted by molar-refractivity contribution is 6.15. The Balaban J connectivity index is 1.16. The summed E-state index contributed by atoms with van der Waals surface area (Å²) < 4.78 is 9.52. The lowest BCUT2D eigenvalue weighted by atomic mass is 10.1. The van der Waals surface area contributed by atoms with Crippen molar-refractivity contribution in [2.45, 2.75) is 0 Å². The van der Waals surface area contributed by atoms with Gasteiger partial charge in [0, 0.05) is 54.5 Å². The molecule has 278 valence electrons. The van der Waals surface area contributed by atoms with Gasteiger partial charge in [0.25, 0.3) is 0 Å². The van der Waals surface area contributed by atoms with Gasteiger partial charge in [-0.2, -0.15) is 5.26 Å². The zero-order valence-corrected chi connectivity index (χ0v) is 32.3. The van der Waals surface area contributed by atoms with Gasteiger partial charge < -0.3 is 18.3 Å². The van der Waals surface area contributed by atoms with Gasteiger partial charge in [0.2, 0.25) is 0 Å². The molecule has 13 rings (SSSR count). The lowest BCUT2D eigenvalue weighted by molar-refractivity contribution is 1.09. The highest BCUT2D eigenvalue weighted by Crippen LogP contribution is 2.42. The van der Waals surface area contributed by atoms with Crippen LogP contribution in [0.15, 0.2) is 200 Å². The topological polar surface area (TPSA) is 43.5 Å². The molecule has 0 radical (unpaired) electrons. The summed E-state index contributed by atoms with van der Waals surface area (Å²) in [6, 6.07) is 74.2. The molecule has 0 unspecified atom stereocenters. The Kier molecular flexibility index (Phi) is 6.73. The summed E-state index contributed by atoms with van der Waals surface area (Å²) in [6.07, 6.45) is 0. The predicted octanol–water partition coefficient (Wildman–Crippen LogP) is 13.9. The van der Waals surface area contributed by atoms with Gasteiger partial charge in [-0.3, -0.25) is 0 Å². The van der Waals surface area contributed by atoms with E-state index >= 15 is 0 Å². The normalized spacial score (nSPS) is 12.0. The number of benzene rings is 9. The highest BCUT2D eigenvalue weighted by atomic mass is 15.1. The average molecular weight is 764 g/mol. The maximum Gasteiger partial charge on any atom is 0.0992 e. The molecule has 0 atom stereocenters. The van der Waals surface area contributed by atoms with E-state index in [1.54, 1.807) is 0 Å². The zero-order chi connectivity index (χ0) is 39.5. The molecule has 5 heteroatoms. The summed E-state index contributed by atoms with van der Waals surface area (Å²) in [5.74, 6) is 0. The molecule has 0 saturated carbocycles. The number of rotatable bonds is 4. The van der Waals surface area contributed by atoms with Crippen LogP contribution in [0.2, 0.25) is 0 Å². The van der Waals surface area contributed by atoms with E-state index in [1.807, 2.05) is 6.07 Å². The van der Waals surface area contributed by atoms with Crippen molar-refractivity contribution in [3.8, 4) is 28.8 Å². The lowest BCUT2D eigenvalue weighted by Crippen LogP contribution is -2.04. The van der Waals surface area contributed by atoms with Crippen molar-refractivity contribution < 1.29 is 0 Å². The number of hydrogen-bond donors (Lipinski definition) is 0. The number of hydrogen-bond acceptors (Lipinski definition) is 1. The Morgan fingerprint density at radius 1 is 0.267 bits per heavy atom. The van der Waals surface area contributed by atoms with E-state index in [2.05, 4.69) is 218 Å². The molecule has 0 spiro atoms. The molecule has 0 bridgehead atoms. The summed E-state index contributed by atoms with van der Waals surface area (Å²) in [5.41, 5.74) is 13.8. The number of nitrogens with zero attached hydrogens (tertiary/aromatic N) is 5. The van der Waals surface area contributed by atoms with E-state index in [9.17, 15) is 5.26 Å². The van der Waals surface area contributed by atoms with Crippen LogP contribution in [0.5, 0.6) is 0 Å². The molecule has 0 saturated heterocycles. The van der Waals surface area contributed by atoms with Crippen LogP contribution in [0.1, 0.15) is 5.56 Å². The third-order valence-electron chi connectivity index (χ3n) is 12.6. The van der Waals surface area contributed by atoms with Crippen molar-refractivity contribution in [1.82, 2.24) is 18.3 Å². The van der Waals surface area contributed by atoms with E-state index < -0.39 is 0 Å².